The molecule has 0 bridgehead atoms. The number of rotatable bonds is 9. The smallest absolute Gasteiger partial charge is 0.326 e. The second-order valence-corrected chi connectivity index (χ2v) is 9.37. The minimum atomic E-state index is -1.08. The molecular formula is C29H31N5O3. The van der Waals surface area contributed by atoms with Crippen molar-refractivity contribution in [2.75, 3.05) is 5.32 Å². The third-order valence-corrected chi connectivity index (χ3v) is 6.17. The first-order chi connectivity index (χ1) is 17.7. The second-order valence-electron chi connectivity index (χ2n) is 9.37. The number of carboxylic acid groups (broad SMARTS) is 1. The molecule has 4 rings (SSSR count). The molecule has 3 N–H and O–H groups in total. The Morgan fingerprint density at radius 1 is 0.946 bits per heavy atom. The maximum absolute atomic E-state index is 12.9. The highest BCUT2D eigenvalue weighted by Gasteiger charge is 2.23. The second kappa shape index (κ2) is 11.1. The van der Waals surface area contributed by atoms with Crippen LogP contribution in [0.15, 0.2) is 67.1 Å². The van der Waals surface area contributed by atoms with Gasteiger partial charge >= 0.3 is 5.97 Å². The highest BCUT2D eigenvalue weighted by atomic mass is 16.4. The fourth-order valence-electron chi connectivity index (χ4n) is 4.41. The van der Waals surface area contributed by atoms with Gasteiger partial charge in [0.1, 0.15) is 11.9 Å². The standard InChI is InChI=1S/C29H31N5O3/c1-18-9-10-30-26(13-18)31-15-23-16-32-34(17-23)24-7-5-22(6-8-24)14-25(29(36)37)33-28(35)27-20(3)11-19(2)12-21(27)4/h5-13,16-17,25H,14-15H2,1-4H3,(H,30,31)(H,33,35)(H,36,37). The molecule has 0 radical (unpaired) electrons. The summed E-state index contributed by atoms with van der Waals surface area (Å²) in [5.74, 6) is -0.644. The summed E-state index contributed by atoms with van der Waals surface area (Å²) in [7, 11) is 0. The molecule has 1 amide bonds. The summed E-state index contributed by atoms with van der Waals surface area (Å²) in [4.78, 5) is 29.1. The fraction of sp³-hybridized carbons (Fsp3) is 0.241. The molecular weight excluding hydrogens is 466 g/mol. The number of nitrogens with zero attached hydrogens (tertiary/aromatic N) is 3. The van der Waals surface area contributed by atoms with Crippen molar-refractivity contribution in [3.05, 3.63) is 106 Å². The van der Waals surface area contributed by atoms with E-state index in [-0.39, 0.29) is 12.3 Å². The molecule has 2 heterocycles. The van der Waals surface area contributed by atoms with Gasteiger partial charge in [0.25, 0.3) is 5.91 Å². The third-order valence-electron chi connectivity index (χ3n) is 6.17. The van der Waals surface area contributed by atoms with Gasteiger partial charge in [-0.15, -0.1) is 0 Å². The quantitative estimate of drug-likeness (QED) is 0.313. The highest BCUT2D eigenvalue weighted by molar-refractivity contribution is 5.99. The number of aromatic nitrogens is 3. The van der Waals surface area contributed by atoms with Crippen LogP contribution >= 0.6 is 0 Å². The summed E-state index contributed by atoms with van der Waals surface area (Å²) >= 11 is 0. The number of carbonyl (C=O) groups excluding carboxylic acids is 1. The van der Waals surface area contributed by atoms with Crippen LogP contribution in [0.3, 0.4) is 0 Å². The van der Waals surface area contributed by atoms with Crippen LogP contribution in [-0.2, 0) is 17.8 Å². The van der Waals surface area contributed by atoms with E-state index in [9.17, 15) is 14.7 Å². The summed E-state index contributed by atoms with van der Waals surface area (Å²) < 4.78 is 1.77. The number of hydrogen-bond donors (Lipinski definition) is 3. The van der Waals surface area contributed by atoms with Gasteiger partial charge in [-0.05, 0) is 74.2 Å². The van der Waals surface area contributed by atoms with Crippen molar-refractivity contribution < 1.29 is 14.7 Å². The molecule has 8 nitrogen and oxygen atoms in total. The van der Waals surface area contributed by atoms with Crippen LogP contribution in [-0.4, -0.2) is 37.8 Å². The molecule has 37 heavy (non-hydrogen) atoms. The molecule has 4 aromatic rings. The van der Waals surface area contributed by atoms with Gasteiger partial charge in [-0.25, -0.2) is 14.5 Å². The average Bonchev–Trinajstić information content (AvgIpc) is 3.31. The minimum Gasteiger partial charge on any atom is -0.480 e. The fourth-order valence-corrected chi connectivity index (χ4v) is 4.41. The van der Waals surface area contributed by atoms with Gasteiger partial charge in [0.2, 0.25) is 0 Å². The molecule has 0 saturated heterocycles. The zero-order chi connectivity index (χ0) is 26.5. The van der Waals surface area contributed by atoms with Crippen molar-refractivity contribution in [1.82, 2.24) is 20.1 Å². The molecule has 190 valence electrons. The van der Waals surface area contributed by atoms with E-state index < -0.39 is 12.0 Å². The lowest BCUT2D eigenvalue weighted by Crippen LogP contribution is -2.42. The van der Waals surface area contributed by atoms with E-state index in [0.29, 0.717) is 12.1 Å². The summed E-state index contributed by atoms with van der Waals surface area (Å²) in [6, 6.07) is 14.2. The maximum Gasteiger partial charge on any atom is 0.326 e. The van der Waals surface area contributed by atoms with E-state index in [0.717, 1.165) is 44.9 Å². The zero-order valence-electron chi connectivity index (χ0n) is 21.4. The van der Waals surface area contributed by atoms with Crippen LogP contribution < -0.4 is 10.6 Å². The minimum absolute atomic E-state index is 0.170. The topological polar surface area (TPSA) is 109 Å². The monoisotopic (exact) mass is 497 g/mol. The number of carboxylic acids is 1. The lowest BCUT2D eigenvalue weighted by molar-refractivity contribution is -0.139. The van der Waals surface area contributed by atoms with E-state index in [2.05, 4.69) is 20.7 Å². The molecule has 2 aromatic heterocycles. The van der Waals surface area contributed by atoms with Gasteiger partial charge in [0.05, 0.1) is 11.9 Å². The first-order valence-corrected chi connectivity index (χ1v) is 12.1. The van der Waals surface area contributed by atoms with Crippen LogP contribution in [0.1, 0.15) is 43.7 Å². The Morgan fingerprint density at radius 3 is 2.30 bits per heavy atom. The summed E-state index contributed by atoms with van der Waals surface area (Å²) in [5, 5.41) is 20.2. The Labute approximate surface area is 216 Å². The molecule has 8 heteroatoms. The summed E-state index contributed by atoms with van der Waals surface area (Å²) in [6.07, 6.45) is 5.67. The Kier molecular flexibility index (Phi) is 7.67. The SMILES string of the molecule is Cc1ccnc(NCc2cnn(-c3ccc(CC(NC(=O)c4c(C)cc(C)cc4C)C(=O)O)cc3)c2)c1. The number of hydrogen-bond acceptors (Lipinski definition) is 5. The van der Waals surface area contributed by atoms with E-state index in [1.807, 2.05) is 82.4 Å². The van der Waals surface area contributed by atoms with Crippen LogP contribution in [0.25, 0.3) is 5.69 Å². The zero-order valence-corrected chi connectivity index (χ0v) is 21.4. The van der Waals surface area contributed by atoms with E-state index in [4.69, 9.17) is 0 Å². The lowest BCUT2D eigenvalue weighted by atomic mass is 9.98. The van der Waals surface area contributed by atoms with Gasteiger partial charge in [-0.1, -0.05) is 29.8 Å². The van der Waals surface area contributed by atoms with Crippen molar-refractivity contribution in [3.8, 4) is 5.69 Å². The first-order valence-electron chi connectivity index (χ1n) is 12.1. The predicted octanol–water partition coefficient (Wildman–Crippen LogP) is 4.54. The molecule has 0 fully saturated rings. The largest absolute Gasteiger partial charge is 0.480 e. The lowest BCUT2D eigenvalue weighted by Gasteiger charge is -2.17. The number of nitrogens with one attached hydrogen (secondary N) is 2. The van der Waals surface area contributed by atoms with E-state index in [1.54, 1.807) is 17.1 Å². The van der Waals surface area contributed by atoms with Crippen LogP contribution in [0.2, 0.25) is 0 Å². The molecule has 0 aliphatic rings. The van der Waals surface area contributed by atoms with Gasteiger partial charge in [0, 0.05) is 36.5 Å². The van der Waals surface area contributed by atoms with Gasteiger partial charge in [0.15, 0.2) is 0 Å². The Morgan fingerprint density at radius 2 is 1.65 bits per heavy atom. The Balaban J connectivity index is 1.40. The molecule has 0 spiro atoms. The number of amides is 1. The van der Waals surface area contributed by atoms with Gasteiger partial charge < -0.3 is 15.7 Å². The van der Waals surface area contributed by atoms with E-state index in [1.165, 1.54) is 0 Å². The number of benzene rings is 2. The molecule has 0 aliphatic carbocycles. The average molecular weight is 498 g/mol. The van der Waals surface area contributed by atoms with Crippen LogP contribution in [0.5, 0.6) is 0 Å². The summed E-state index contributed by atoms with van der Waals surface area (Å²) in [6.45, 7) is 8.30. The van der Waals surface area contributed by atoms with Gasteiger partial charge in [-0.2, -0.15) is 5.10 Å². The first kappa shape index (κ1) is 25.6. The number of aryl methyl sites for hydroxylation is 4. The van der Waals surface area contributed by atoms with Crippen LogP contribution in [0.4, 0.5) is 5.82 Å². The molecule has 1 unspecified atom stereocenters. The normalized spacial score (nSPS) is 11.7. The highest BCUT2D eigenvalue weighted by Crippen LogP contribution is 2.18. The van der Waals surface area contributed by atoms with Crippen LogP contribution in [0, 0.1) is 27.7 Å². The number of anilines is 1. The third kappa shape index (κ3) is 6.41. The van der Waals surface area contributed by atoms with Gasteiger partial charge in [-0.3, -0.25) is 4.79 Å². The number of pyridine rings is 1. The van der Waals surface area contributed by atoms with Crippen molar-refractivity contribution >= 4 is 17.7 Å². The van der Waals surface area contributed by atoms with Crippen molar-refractivity contribution in [2.45, 2.75) is 46.7 Å². The number of carbonyl (C=O) groups is 2. The maximum atomic E-state index is 12.9. The Bertz CT molecular complexity index is 1400. The van der Waals surface area contributed by atoms with E-state index >= 15 is 0 Å². The molecule has 1 atom stereocenters. The molecule has 0 aliphatic heterocycles. The van der Waals surface area contributed by atoms with Crippen molar-refractivity contribution in [1.29, 1.82) is 0 Å². The van der Waals surface area contributed by atoms with Crippen molar-refractivity contribution in [2.24, 2.45) is 0 Å². The summed E-state index contributed by atoms with van der Waals surface area (Å²) in [5.41, 5.74) is 7.03. The van der Waals surface area contributed by atoms with Crippen molar-refractivity contribution in [3.63, 3.8) is 0 Å². The predicted molar refractivity (Wildman–Crippen MR) is 143 cm³/mol. The Hall–Kier alpha value is -4.46. The molecule has 0 saturated carbocycles. The molecule has 2 aromatic carbocycles. The number of aliphatic carboxylic acids is 1.